The lowest BCUT2D eigenvalue weighted by atomic mass is 10.0. The van der Waals surface area contributed by atoms with Gasteiger partial charge in [0, 0.05) is 38.3 Å². The number of amides is 1. The average Bonchev–Trinajstić information content (AvgIpc) is 3.33. The quantitative estimate of drug-likeness (QED) is 0.597. The number of fused-ring (bicyclic) bond motifs is 1. The summed E-state index contributed by atoms with van der Waals surface area (Å²) in [6, 6.07) is 18.0. The van der Waals surface area contributed by atoms with Crippen LogP contribution in [0, 0.1) is 11.6 Å². The van der Waals surface area contributed by atoms with E-state index in [0.29, 0.717) is 49.9 Å². The van der Waals surface area contributed by atoms with Crippen LogP contribution >= 0.6 is 0 Å². The number of carbonyl (C=O) groups is 1. The van der Waals surface area contributed by atoms with Gasteiger partial charge in [-0.15, -0.1) is 0 Å². The van der Waals surface area contributed by atoms with Gasteiger partial charge in [0.2, 0.25) is 6.79 Å². The number of para-hydroxylation sites is 1. The summed E-state index contributed by atoms with van der Waals surface area (Å²) >= 11 is 0. The fourth-order valence-corrected chi connectivity index (χ4v) is 4.48. The fourth-order valence-electron chi connectivity index (χ4n) is 4.48. The lowest BCUT2D eigenvalue weighted by Crippen LogP contribution is -2.50. The van der Waals surface area contributed by atoms with Gasteiger partial charge >= 0.3 is 0 Å². The van der Waals surface area contributed by atoms with Gasteiger partial charge in [0.05, 0.1) is 11.7 Å². The molecule has 0 saturated carbocycles. The molecule has 176 valence electrons. The molecule has 34 heavy (non-hydrogen) atoms. The second kappa shape index (κ2) is 9.69. The van der Waals surface area contributed by atoms with Gasteiger partial charge in [-0.3, -0.25) is 9.69 Å². The zero-order valence-electron chi connectivity index (χ0n) is 18.5. The summed E-state index contributed by atoms with van der Waals surface area (Å²) in [6.07, 6.45) is 0. The Labute approximate surface area is 196 Å². The predicted molar refractivity (Wildman–Crippen MR) is 124 cm³/mol. The van der Waals surface area contributed by atoms with Crippen LogP contribution in [0.15, 0.2) is 66.7 Å². The minimum Gasteiger partial charge on any atom is -0.454 e. The van der Waals surface area contributed by atoms with E-state index in [4.69, 9.17) is 9.47 Å². The number of anilines is 1. The summed E-state index contributed by atoms with van der Waals surface area (Å²) < 4.78 is 38.8. The number of hydrogen-bond acceptors (Lipinski definition) is 5. The maximum absolute atomic E-state index is 14.3. The summed E-state index contributed by atoms with van der Waals surface area (Å²) in [4.78, 5) is 17.0. The molecule has 1 N–H and O–H groups in total. The van der Waals surface area contributed by atoms with Gasteiger partial charge in [0.25, 0.3) is 5.91 Å². The molecule has 1 atom stereocenters. The van der Waals surface area contributed by atoms with E-state index in [0.717, 1.165) is 5.56 Å². The highest BCUT2D eigenvalue weighted by Gasteiger charge is 2.28. The highest BCUT2D eigenvalue weighted by molar-refractivity contribution is 5.94. The second-order valence-electron chi connectivity index (χ2n) is 8.32. The molecule has 0 bridgehead atoms. The van der Waals surface area contributed by atoms with Crippen LogP contribution < -0.4 is 19.7 Å². The Bertz CT molecular complexity index is 1180. The lowest BCUT2D eigenvalue weighted by molar-refractivity contribution is 0.0929. The van der Waals surface area contributed by atoms with E-state index in [9.17, 15) is 13.6 Å². The van der Waals surface area contributed by atoms with Crippen LogP contribution in [0.4, 0.5) is 14.5 Å². The molecule has 8 heteroatoms. The molecule has 2 aliphatic rings. The van der Waals surface area contributed by atoms with Crippen LogP contribution in [-0.2, 0) is 0 Å². The molecule has 2 aliphatic heterocycles. The van der Waals surface area contributed by atoms with Gasteiger partial charge in [-0.05, 0) is 48.0 Å². The van der Waals surface area contributed by atoms with Crippen molar-refractivity contribution in [1.29, 1.82) is 0 Å². The van der Waals surface area contributed by atoms with E-state index in [1.165, 1.54) is 24.3 Å². The van der Waals surface area contributed by atoms with Crippen molar-refractivity contribution in [3.05, 3.63) is 89.5 Å². The van der Waals surface area contributed by atoms with Crippen molar-refractivity contribution in [3.63, 3.8) is 0 Å². The molecule has 5 rings (SSSR count). The predicted octanol–water partition coefficient (Wildman–Crippen LogP) is 3.99. The monoisotopic (exact) mass is 465 g/mol. The van der Waals surface area contributed by atoms with Crippen molar-refractivity contribution in [2.75, 3.05) is 44.4 Å². The van der Waals surface area contributed by atoms with Crippen LogP contribution in [0.25, 0.3) is 0 Å². The molecule has 0 radical (unpaired) electrons. The van der Waals surface area contributed by atoms with E-state index in [2.05, 4.69) is 10.2 Å². The summed E-state index contributed by atoms with van der Waals surface area (Å²) in [7, 11) is 0. The number of nitrogens with one attached hydrogen (secondary N) is 1. The summed E-state index contributed by atoms with van der Waals surface area (Å²) in [6.45, 7) is 3.18. The normalized spacial score (nSPS) is 16.4. The number of ether oxygens (including phenoxy) is 2. The van der Waals surface area contributed by atoms with Crippen LogP contribution in [0.2, 0.25) is 0 Å². The highest BCUT2D eigenvalue weighted by Crippen LogP contribution is 2.36. The molecule has 1 fully saturated rings. The molecule has 6 nitrogen and oxygen atoms in total. The van der Waals surface area contributed by atoms with Crippen molar-refractivity contribution >= 4 is 11.6 Å². The number of carbonyl (C=O) groups excluding carboxylic acids is 1. The van der Waals surface area contributed by atoms with Crippen LogP contribution in [-0.4, -0.2) is 50.3 Å². The first-order chi connectivity index (χ1) is 16.6. The van der Waals surface area contributed by atoms with E-state index in [1.54, 1.807) is 18.2 Å². The highest BCUT2D eigenvalue weighted by atomic mass is 19.1. The van der Waals surface area contributed by atoms with Crippen LogP contribution in [0.1, 0.15) is 22.0 Å². The SMILES string of the molecule is O=C(NCC(c1ccc2c(c1)OCO2)N1CCN(c2ccccc2F)CC1)c1cccc(F)c1. The largest absolute Gasteiger partial charge is 0.454 e. The standard InChI is InChI=1S/C26H25F2N3O3/c27-20-5-3-4-19(14-20)26(32)29-16-23(18-8-9-24-25(15-18)34-17-33-24)31-12-10-30(11-13-31)22-7-2-1-6-21(22)28/h1-9,14-15,23H,10-13,16-17H2,(H,29,32). The topological polar surface area (TPSA) is 54.0 Å². The van der Waals surface area contributed by atoms with Gasteiger partial charge in [0.1, 0.15) is 11.6 Å². The van der Waals surface area contributed by atoms with E-state index < -0.39 is 5.82 Å². The first-order valence-corrected chi connectivity index (χ1v) is 11.3. The lowest BCUT2D eigenvalue weighted by Gasteiger charge is -2.40. The minimum atomic E-state index is -0.454. The third-order valence-electron chi connectivity index (χ3n) is 6.27. The number of benzene rings is 3. The molecule has 3 aromatic carbocycles. The third-order valence-corrected chi connectivity index (χ3v) is 6.27. The van der Waals surface area contributed by atoms with Gasteiger partial charge < -0.3 is 19.7 Å². The molecule has 0 aliphatic carbocycles. The van der Waals surface area contributed by atoms with Crippen LogP contribution in [0.5, 0.6) is 11.5 Å². The van der Waals surface area contributed by atoms with E-state index >= 15 is 0 Å². The van der Waals surface area contributed by atoms with Gasteiger partial charge in [-0.1, -0.05) is 24.3 Å². The van der Waals surface area contributed by atoms with Crippen molar-refractivity contribution in [2.24, 2.45) is 0 Å². The maximum atomic E-state index is 14.3. The molecule has 1 amide bonds. The van der Waals surface area contributed by atoms with Crippen molar-refractivity contribution in [3.8, 4) is 11.5 Å². The van der Waals surface area contributed by atoms with Crippen molar-refractivity contribution in [1.82, 2.24) is 10.2 Å². The van der Waals surface area contributed by atoms with Crippen molar-refractivity contribution < 1.29 is 23.0 Å². The Hall–Kier alpha value is -3.65. The zero-order valence-corrected chi connectivity index (χ0v) is 18.5. The number of piperazine rings is 1. The Balaban J connectivity index is 1.33. The molecule has 0 aromatic heterocycles. The van der Waals surface area contributed by atoms with Crippen molar-refractivity contribution in [2.45, 2.75) is 6.04 Å². The maximum Gasteiger partial charge on any atom is 0.251 e. The van der Waals surface area contributed by atoms with Gasteiger partial charge in [0.15, 0.2) is 11.5 Å². The molecule has 1 unspecified atom stereocenters. The average molecular weight is 466 g/mol. The third kappa shape index (κ3) is 4.68. The summed E-state index contributed by atoms with van der Waals surface area (Å²) in [5, 5.41) is 2.95. The zero-order chi connectivity index (χ0) is 23.5. The molecule has 2 heterocycles. The first-order valence-electron chi connectivity index (χ1n) is 11.3. The summed E-state index contributed by atoms with van der Waals surface area (Å²) in [5.74, 6) is 0.338. The number of hydrogen-bond donors (Lipinski definition) is 1. The Morgan fingerprint density at radius 1 is 0.912 bits per heavy atom. The fraction of sp³-hybridized carbons (Fsp3) is 0.269. The molecule has 1 saturated heterocycles. The van der Waals surface area contributed by atoms with Gasteiger partial charge in [-0.25, -0.2) is 8.78 Å². The number of nitrogens with zero attached hydrogens (tertiary/aromatic N) is 2. The first kappa shape index (κ1) is 22.2. The molecule has 3 aromatic rings. The molecular formula is C26H25F2N3O3. The Kier molecular flexibility index (Phi) is 6.31. The van der Waals surface area contributed by atoms with E-state index in [1.807, 2.05) is 29.2 Å². The number of halogens is 2. The Morgan fingerprint density at radius 2 is 1.71 bits per heavy atom. The van der Waals surface area contributed by atoms with Gasteiger partial charge in [-0.2, -0.15) is 0 Å². The molecule has 0 spiro atoms. The Morgan fingerprint density at radius 3 is 2.50 bits per heavy atom. The van der Waals surface area contributed by atoms with Crippen LogP contribution in [0.3, 0.4) is 0 Å². The summed E-state index contributed by atoms with van der Waals surface area (Å²) in [5.41, 5.74) is 1.85. The smallest absolute Gasteiger partial charge is 0.251 e. The molecular weight excluding hydrogens is 440 g/mol. The minimum absolute atomic E-state index is 0.144. The number of rotatable bonds is 6. The van der Waals surface area contributed by atoms with E-state index in [-0.39, 0.29) is 30.1 Å². The second-order valence-corrected chi connectivity index (χ2v) is 8.32.